The molecule has 0 aliphatic carbocycles. The van der Waals surface area contributed by atoms with E-state index in [-0.39, 0.29) is 5.91 Å². The second-order valence-corrected chi connectivity index (χ2v) is 6.85. The van der Waals surface area contributed by atoms with Crippen LogP contribution in [-0.4, -0.2) is 39.2 Å². The number of thiophene rings is 1. The van der Waals surface area contributed by atoms with E-state index < -0.39 is 0 Å². The van der Waals surface area contributed by atoms with Crippen molar-refractivity contribution in [1.29, 1.82) is 0 Å². The van der Waals surface area contributed by atoms with Gasteiger partial charge < -0.3 is 4.90 Å². The van der Waals surface area contributed by atoms with Gasteiger partial charge in [0.05, 0.1) is 17.9 Å². The van der Waals surface area contributed by atoms with Crippen molar-refractivity contribution in [2.24, 2.45) is 7.05 Å². The Labute approximate surface area is 127 Å². The van der Waals surface area contributed by atoms with E-state index in [9.17, 15) is 4.79 Å². The number of hydrogen-bond acceptors (Lipinski definition) is 4. The third kappa shape index (κ3) is 2.18. The van der Waals surface area contributed by atoms with E-state index in [4.69, 9.17) is 0 Å². The minimum atomic E-state index is 0.230. The number of rotatable bonds is 3. The van der Waals surface area contributed by atoms with Crippen LogP contribution in [0.1, 0.15) is 17.7 Å². The third-order valence-corrected chi connectivity index (χ3v) is 5.38. The summed E-state index contributed by atoms with van der Waals surface area (Å²) in [5.74, 6) is 0.230. The molecule has 110 valence electrons. The Morgan fingerprint density at radius 1 is 1.43 bits per heavy atom. The maximum atomic E-state index is 12.4. The number of fused-ring (bicyclic) bond motifs is 1. The topological polar surface area (TPSA) is 41.4 Å². The number of carbonyl (C=O) groups is 1. The van der Waals surface area contributed by atoms with Gasteiger partial charge in [-0.05, 0) is 17.9 Å². The maximum Gasteiger partial charge on any atom is 0.229 e. The molecule has 21 heavy (non-hydrogen) atoms. The first kappa shape index (κ1) is 13.0. The van der Waals surface area contributed by atoms with Gasteiger partial charge in [-0.2, -0.15) is 5.10 Å². The van der Waals surface area contributed by atoms with Gasteiger partial charge in [0.2, 0.25) is 5.91 Å². The molecule has 4 heterocycles. The first-order chi connectivity index (χ1) is 10.2. The molecule has 0 bridgehead atoms. The van der Waals surface area contributed by atoms with Crippen molar-refractivity contribution in [1.82, 2.24) is 14.7 Å². The fourth-order valence-electron chi connectivity index (χ4n) is 3.60. The fraction of sp³-hybridized carbons (Fsp3) is 0.467. The van der Waals surface area contributed by atoms with Crippen LogP contribution in [0, 0.1) is 0 Å². The highest BCUT2D eigenvalue weighted by Crippen LogP contribution is 2.36. The summed E-state index contributed by atoms with van der Waals surface area (Å²) in [4.78, 5) is 18.2. The van der Waals surface area contributed by atoms with Crippen LogP contribution in [0.5, 0.6) is 0 Å². The standard InChI is InChI=1S/C15H18N4OS/c1-17-9-11(8-16-17)19-13-4-5-18(14(13)7-15(19)20)10-12-3-2-6-21-12/h2-3,6,8-9,13-14H,4-5,7,10H2,1H3/t13-,14+/m1/s1. The lowest BCUT2D eigenvalue weighted by Crippen LogP contribution is -2.36. The van der Waals surface area contributed by atoms with Crippen LogP contribution >= 0.6 is 11.3 Å². The summed E-state index contributed by atoms with van der Waals surface area (Å²) >= 11 is 1.79. The Bertz CT molecular complexity index is 650. The molecule has 2 aliphatic rings. The zero-order chi connectivity index (χ0) is 14.4. The minimum Gasteiger partial charge on any atom is -0.305 e. The first-order valence-corrected chi connectivity index (χ1v) is 8.17. The van der Waals surface area contributed by atoms with Crippen molar-refractivity contribution in [2.45, 2.75) is 31.5 Å². The Morgan fingerprint density at radius 3 is 3.05 bits per heavy atom. The number of amides is 1. The quantitative estimate of drug-likeness (QED) is 0.869. The van der Waals surface area contributed by atoms with E-state index in [0.29, 0.717) is 18.5 Å². The van der Waals surface area contributed by atoms with E-state index in [1.807, 2.05) is 18.1 Å². The van der Waals surface area contributed by atoms with Crippen LogP contribution in [0.2, 0.25) is 0 Å². The molecule has 1 amide bonds. The summed E-state index contributed by atoms with van der Waals surface area (Å²) in [6.45, 7) is 2.03. The predicted molar refractivity (Wildman–Crippen MR) is 82.2 cm³/mol. The van der Waals surface area contributed by atoms with Crippen LogP contribution in [0.25, 0.3) is 0 Å². The lowest BCUT2D eigenvalue weighted by Gasteiger charge is -2.24. The molecule has 2 aromatic heterocycles. The maximum absolute atomic E-state index is 12.4. The molecular formula is C15H18N4OS. The molecule has 4 rings (SSSR count). The Kier molecular flexibility index (Phi) is 3.08. The van der Waals surface area contributed by atoms with E-state index in [1.54, 1.807) is 22.2 Å². The molecule has 2 fully saturated rings. The van der Waals surface area contributed by atoms with Crippen molar-refractivity contribution >= 4 is 22.9 Å². The van der Waals surface area contributed by atoms with Gasteiger partial charge in [-0.15, -0.1) is 11.3 Å². The molecule has 0 spiro atoms. The number of aryl methyl sites for hydroxylation is 1. The van der Waals surface area contributed by atoms with Gasteiger partial charge in [0.1, 0.15) is 0 Å². The molecule has 2 aliphatic heterocycles. The van der Waals surface area contributed by atoms with Crippen molar-refractivity contribution < 1.29 is 4.79 Å². The third-order valence-electron chi connectivity index (χ3n) is 4.52. The SMILES string of the molecule is Cn1cc(N2C(=O)C[C@H]3[C@H]2CCN3Cc2cccs2)cn1. The zero-order valence-electron chi connectivity index (χ0n) is 12.0. The monoisotopic (exact) mass is 302 g/mol. The van der Waals surface area contributed by atoms with Crippen molar-refractivity contribution in [2.75, 3.05) is 11.4 Å². The summed E-state index contributed by atoms with van der Waals surface area (Å²) < 4.78 is 1.76. The largest absolute Gasteiger partial charge is 0.305 e. The van der Waals surface area contributed by atoms with Gasteiger partial charge in [0.25, 0.3) is 0 Å². The summed E-state index contributed by atoms with van der Waals surface area (Å²) in [6.07, 6.45) is 5.41. The number of carbonyl (C=O) groups excluding carboxylic acids is 1. The molecule has 0 N–H and O–H groups in total. The van der Waals surface area contributed by atoms with Crippen molar-refractivity contribution in [3.63, 3.8) is 0 Å². The average Bonchev–Trinajstić information content (AvgIpc) is 3.18. The summed E-state index contributed by atoms with van der Waals surface area (Å²) in [5.41, 5.74) is 0.938. The highest BCUT2D eigenvalue weighted by molar-refractivity contribution is 7.09. The van der Waals surface area contributed by atoms with Crippen LogP contribution in [0.3, 0.4) is 0 Å². The number of anilines is 1. The minimum absolute atomic E-state index is 0.230. The Morgan fingerprint density at radius 2 is 2.33 bits per heavy atom. The predicted octanol–water partition coefficient (Wildman–Crippen LogP) is 1.86. The molecule has 0 aromatic carbocycles. The van der Waals surface area contributed by atoms with Gasteiger partial charge in [-0.1, -0.05) is 6.07 Å². The molecule has 5 nitrogen and oxygen atoms in total. The van der Waals surface area contributed by atoms with Gasteiger partial charge in [0.15, 0.2) is 0 Å². The normalized spacial score (nSPS) is 25.8. The van der Waals surface area contributed by atoms with Crippen LogP contribution in [0.15, 0.2) is 29.9 Å². The zero-order valence-corrected chi connectivity index (χ0v) is 12.8. The number of likely N-dealkylation sites (tertiary alicyclic amines) is 1. The average molecular weight is 302 g/mol. The first-order valence-electron chi connectivity index (χ1n) is 7.29. The summed E-state index contributed by atoms with van der Waals surface area (Å²) in [7, 11) is 1.89. The Hall–Kier alpha value is -1.66. The highest BCUT2D eigenvalue weighted by atomic mass is 32.1. The fourth-order valence-corrected chi connectivity index (χ4v) is 4.32. The van der Waals surface area contributed by atoms with E-state index in [0.717, 1.165) is 25.2 Å². The van der Waals surface area contributed by atoms with Gasteiger partial charge >= 0.3 is 0 Å². The van der Waals surface area contributed by atoms with Gasteiger partial charge in [-0.25, -0.2) is 0 Å². The molecule has 0 radical (unpaired) electrons. The van der Waals surface area contributed by atoms with E-state index in [1.165, 1.54) is 4.88 Å². The molecule has 0 unspecified atom stereocenters. The van der Waals surface area contributed by atoms with Crippen LogP contribution in [0.4, 0.5) is 5.69 Å². The molecule has 6 heteroatoms. The highest BCUT2D eigenvalue weighted by Gasteiger charge is 2.47. The van der Waals surface area contributed by atoms with E-state index in [2.05, 4.69) is 27.5 Å². The van der Waals surface area contributed by atoms with Gasteiger partial charge in [0, 0.05) is 43.7 Å². The molecule has 2 saturated heterocycles. The number of hydrogen-bond donors (Lipinski definition) is 0. The lowest BCUT2D eigenvalue weighted by atomic mass is 10.1. The summed E-state index contributed by atoms with van der Waals surface area (Å²) in [5, 5.41) is 6.32. The van der Waals surface area contributed by atoms with E-state index >= 15 is 0 Å². The number of nitrogens with zero attached hydrogens (tertiary/aromatic N) is 4. The lowest BCUT2D eigenvalue weighted by molar-refractivity contribution is -0.117. The second-order valence-electron chi connectivity index (χ2n) is 5.81. The molecule has 0 saturated carbocycles. The molecule has 2 atom stereocenters. The van der Waals surface area contributed by atoms with Crippen LogP contribution in [-0.2, 0) is 18.4 Å². The molecule has 2 aromatic rings. The smallest absolute Gasteiger partial charge is 0.229 e. The second kappa shape index (κ2) is 4.96. The Balaban J connectivity index is 1.55. The molecular weight excluding hydrogens is 284 g/mol. The van der Waals surface area contributed by atoms with Gasteiger partial charge in [-0.3, -0.25) is 14.4 Å². The summed E-state index contributed by atoms with van der Waals surface area (Å²) in [6, 6.07) is 4.92. The van der Waals surface area contributed by atoms with Crippen molar-refractivity contribution in [3.05, 3.63) is 34.8 Å². The van der Waals surface area contributed by atoms with Crippen LogP contribution < -0.4 is 4.90 Å². The van der Waals surface area contributed by atoms with Crippen molar-refractivity contribution in [3.8, 4) is 0 Å². The number of aromatic nitrogens is 2.